The molecule has 1 aromatic rings. The molecule has 2 N–H and O–H groups in total. The Morgan fingerprint density at radius 2 is 2.00 bits per heavy atom. The van der Waals surface area contributed by atoms with Crippen LogP contribution in [-0.4, -0.2) is 19.1 Å². The van der Waals surface area contributed by atoms with Crippen molar-refractivity contribution >= 4 is 5.69 Å². The van der Waals surface area contributed by atoms with Crippen LogP contribution in [0.15, 0.2) is 18.2 Å². The average Bonchev–Trinajstić information content (AvgIpc) is 2.89. The lowest BCUT2D eigenvalue weighted by Crippen LogP contribution is -2.35. The highest BCUT2D eigenvalue weighted by molar-refractivity contribution is 5.60. The van der Waals surface area contributed by atoms with Crippen molar-refractivity contribution in [2.24, 2.45) is 5.73 Å². The molecule has 0 saturated heterocycles. The van der Waals surface area contributed by atoms with Crippen molar-refractivity contribution in [3.05, 3.63) is 29.3 Å². The van der Waals surface area contributed by atoms with Crippen molar-refractivity contribution in [3.8, 4) is 0 Å². The fourth-order valence-electron chi connectivity index (χ4n) is 3.71. The summed E-state index contributed by atoms with van der Waals surface area (Å²) < 4.78 is 0. The molecule has 1 aromatic carbocycles. The second kappa shape index (κ2) is 5.96. The molecule has 0 spiro atoms. The Bertz CT molecular complexity index is 421. The number of nitrogens with two attached hydrogens (primary N) is 1. The molecule has 19 heavy (non-hydrogen) atoms. The lowest BCUT2D eigenvalue weighted by molar-refractivity contribution is 0.420. The molecule has 1 heterocycles. The summed E-state index contributed by atoms with van der Waals surface area (Å²) in [6.45, 7) is 2.03. The molecule has 1 aliphatic heterocycles. The fourth-order valence-corrected chi connectivity index (χ4v) is 3.71. The predicted molar refractivity (Wildman–Crippen MR) is 81.7 cm³/mol. The summed E-state index contributed by atoms with van der Waals surface area (Å²) in [6, 6.07) is 7.91. The molecular weight excluding hydrogens is 232 g/mol. The van der Waals surface area contributed by atoms with Gasteiger partial charge in [-0.1, -0.05) is 31.4 Å². The van der Waals surface area contributed by atoms with Gasteiger partial charge in [-0.2, -0.15) is 0 Å². The van der Waals surface area contributed by atoms with Gasteiger partial charge < -0.3 is 10.6 Å². The number of aryl methyl sites for hydroxylation is 1. The van der Waals surface area contributed by atoms with Crippen LogP contribution in [-0.2, 0) is 12.8 Å². The zero-order valence-corrected chi connectivity index (χ0v) is 11.9. The first-order chi connectivity index (χ1) is 9.38. The molecule has 1 aliphatic carbocycles. The maximum Gasteiger partial charge on any atom is 0.0402 e. The Balaban J connectivity index is 1.73. The van der Waals surface area contributed by atoms with E-state index in [1.165, 1.54) is 56.3 Å². The molecule has 3 rings (SSSR count). The van der Waals surface area contributed by atoms with Gasteiger partial charge in [0.25, 0.3) is 0 Å². The summed E-state index contributed by atoms with van der Waals surface area (Å²) >= 11 is 0. The molecule has 2 heteroatoms. The molecule has 2 nitrogen and oxygen atoms in total. The van der Waals surface area contributed by atoms with Gasteiger partial charge >= 0.3 is 0 Å². The van der Waals surface area contributed by atoms with E-state index in [9.17, 15) is 0 Å². The topological polar surface area (TPSA) is 29.3 Å². The summed E-state index contributed by atoms with van der Waals surface area (Å²) in [6.07, 6.45) is 10.6. The average molecular weight is 258 g/mol. The van der Waals surface area contributed by atoms with E-state index in [4.69, 9.17) is 5.73 Å². The van der Waals surface area contributed by atoms with Crippen molar-refractivity contribution < 1.29 is 0 Å². The van der Waals surface area contributed by atoms with Crippen LogP contribution >= 0.6 is 0 Å². The Morgan fingerprint density at radius 3 is 2.79 bits per heavy atom. The van der Waals surface area contributed by atoms with Gasteiger partial charge in [0.2, 0.25) is 0 Å². The molecule has 0 radical (unpaired) electrons. The second-order valence-electron chi connectivity index (χ2n) is 6.09. The van der Waals surface area contributed by atoms with Gasteiger partial charge in [0.1, 0.15) is 0 Å². The predicted octanol–water partition coefficient (Wildman–Crippen LogP) is 3.27. The van der Waals surface area contributed by atoms with Crippen molar-refractivity contribution in [1.29, 1.82) is 0 Å². The van der Waals surface area contributed by atoms with Crippen LogP contribution in [0.1, 0.15) is 49.7 Å². The molecule has 0 unspecified atom stereocenters. The third-order valence-corrected chi connectivity index (χ3v) is 4.76. The van der Waals surface area contributed by atoms with E-state index < -0.39 is 0 Å². The molecular formula is C17H26N2. The van der Waals surface area contributed by atoms with Crippen molar-refractivity contribution in [2.45, 2.75) is 57.4 Å². The van der Waals surface area contributed by atoms with Gasteiger partial charge in [0.15, 0.2) is 0 Å². The van der Waals surface area contributed by atoms with Crippen molar-refractivity contribution in [3.63, 3.8) is 0 Å². The highest BCUT2D eigenvalue weighted by Gasteiger charge is 2.27. The Labute approximate surface area is 117 Å². The Morgan fingerprint density at radius 1 is 1.16 bits per heavy atom. The number of hydrogen-bond donors (Lipinski definition) is 1. The van der Waals surface area contributed by atoms with E-state index in [2.05, 4.69) is 23.1 Å². The van der Waals surface area contributed by atoms with Crippen LogP contribution in [0.2, 0.25) is 0 Å². The highest BCUT2D eigenvalue weighted by atomic mass is 15.2. The third kappa shape index (κ3) is 2.79. The summed E-state index contributed by atoms with van der Waals surface area (Å²) in [5, 5.41) is 0. The summed E-state index contributed by atoms with van der Waals surface area (Å²) in [5.74, 6) is 0. The molecule has 104 valence electrons. The Kier molecular flexibility index (Phi) is 4.07. The maximum atomic E-state index is 5.60. The van der Waals surface area contributed by atoms with E-state index >= 15 is 0 Å². The van der Waals surface area contributed by atoms with E-state index in [-0.39, 0.29) is 0 Å². The summed E-state index contributed by atoms with van der Waals surface area (Å²) in [4.78, 5) is 2.68. The zero-order chi connectivity index (χ0) is 13.1. The summed E-state index contributed by atoms with van der Waals surface area (Å²) in [7, 11) is 0. The van der Waals surface area contributed by atoms with Gasteiger partial charge in [0.05, 0.1) is 0 Å². The number of nitrogens with zero attached hydrogens (tertiary/aromatic N) is 1. The smallest absolute Gasteiger partial charge is 0.0402 e. The van der Waals surface area contributed by atoms with Gasteiger partial charge in [0, 0.05) is 18.3 Å². The monoisotopic (exact) mass is 258 g/mol. The van der Waals surface area contributed by atoms with Gasteiger partial charge in [-0.25, -0.2) is 0 Å². The normalized spacial score (nSPS) is 19.7. The minimum atomic E-state index is 0.797. The van der Waals surface area contributed by atoms with Gasteiger partial charge in [-0.3, -0.25) is 0 Å². The first-order valence-corrected chi connectivity index (χ1v) is 7.97. The van der Waals surface area contributed by atoms with Crippen molar-refractivity contribution in [2.75, 3.05) is 18.0 Å². The van der Waals surface area contributed by atoms with Crippen LogP contribution in [0.3, 0.4) is 0 Å². The van der Waals surface area contributed by atoms with Crippen LogP contribution in [0.4, 0.5) is 5.69 Å². The highest BCUT2D eigenvalue weighted by Crippen LogP contribution is 2.34. The molecule has 0 atom stereocenters. The number of rotatable bonds is 4. The molecule has 0 aromatic heterocycles. The van der Waals surface area contributed by atoms with E-state index in [0.717, 1.165) is 25.4 Å². The lowest BCUT2D eigenvalue weighted by atomic mass is 9.94. The third-order valence-electron chi connectivity index (χ3n) is 4.76. The number of fused-ring (bicyclic) bond motifs is 1. The van der Waals surface area contributed by atoms with E-state index in [1.807, 2.05) is 0 Å². The first-order valence-electron chi connectivity index (χ1n) is 7.97. The van der Waals surface area contributed by atoms with E-state index in [0.29, 0.717) is 0 Å². The van der Waals surface area contributed by atoms with E-state index in [1.54, 1.807) is 5.56 Å². The number of anilines is 1. The van der Waals surface area contributed by atoms with Crippen LogP contribution in [0.5, 0.6) is 0 Å². The SMILES string of the molecule is NCCCc1ccc2c(c1)CCN2C1CCCCC1. The fraction of sp³-hybridized carbons (Fsp3) is 0.647. The first kappa shape index (κ1) is 13.0. The molecule has 1 saturated carbocycles. The molecule has 0 bridgehead atoms. The Hall–Kier alpha value is -1.02. The minimum Gasteiger partial charge on any atom is -0.368 e. The minimum absolute atomic E-state index is 0.797. The maximum absolute atomic E-state index is 5.60. The van der Waals surface area contributed by atoms with Crippen molar-refractivity contribution in [1.82, 2.24) is 0 Å². The quantitative estimate of drug-likeness (QED) is 0.898. The molecule has 1 fully saturated rings. The number of hydrogen-bond acceptors (Lipinski definition) is 2. The van der Waals surface area contributed by atoms with Gasteiger partial charge in [-0.15, -0.1) is 0 Å². The van der Waals surface area contributed by atoms with Crippen LogP contribution in [0.25, 0.3) is 0 Å². The zero-order valence-electron chi connectivity index (χ0n) is 11.9. The second-order valence-corrected chi connectivity index (χ2v) is 6.09. The molecule has 2 aliphatic rings. The largest absolute Gasteiger partial charge is 0.368 e. The lowest BCUT2D eigenvalue weighted by Gasteiger charge is -2.33. The number of benzene rings is 1. The van der Waals surface area contributed by atoms with Crippen LogP contribution in [0, 0.1) is 0 Å². The van der Waals surface area contributed by atoms with Crippen LogP contribution < -0.4 is 10.6 Å². The standard InChI is InChI=1S/C17H26N2/c18-11-4-5-14-8-9-17-15(13-14)10-12-19(17)16-6-2-1-3-7-16/h8-9,13,16H,1-7,10-12,18H2. The summed E-state index contributed by atoms with van der Waals surface area (Å²) in [5.41, 5.74) is 10.2. The van der Waals surface area contributed by atoms with Gasteiger partial charge in [-0.05, 0) is 55.8 Å². The molecule has 0 amide bonds.